The number of rotatable bonds is 3. The van der Waals surface area contributed by atoms with Crippen molar-refractivity contribution >= 4 is 5.91 Å². The Morgan fingerprint density at radius 3 is 2.83 bits per heavy atom. The molecule has 0 radical (unpaired) electrons. The molecule has 4 heteroatoms. The van der Waals surface area contributed by atoms with E-state index in [-0.39, 0.29) is 12.5 Å². The van der Waals surface area contributed by atoms with Crippen LogP contribution in [0.25, 0.3) is 0 Å². The first kappa shape index (κ1) is 8.01. The van der Waals surface area contributed by atoms with E-state index in [0.29, 0.717) is 19.0 Å². The van der Waals surface area contributed by atoms with Gasteiger partial charge in [0.05, 0.1) is 13.2 Å². The molecule has 1 saturated heterocycles. The topological polar surface area (TPSA) is 43.8 Å². The van der Waals surface area contributed by atoms with E-state index in [0.717, 1.165) is 6.54 Å². The molecule has 0 spiro atoms. The molecule has 0 aromatic carbocycles. The Balaban J connectivity index is 1.98. The summed E-state index contributed by atoms with van der Waals surface area (Å²) < 4.78 is 0. The van der Waals surface area contributed by atoms with Crippen molar-refractivity contribution in [1.82, 2.24) is 10.0 Å². The van der Waals surface area contributed by atoms with Gasteiger partial charge >= 0.3 is 0 Å². The second-order valence-electron chi connectivity index (χ2n) is 3.38. The lowest BCUT2D eigenvalue weighted by Crippen LogP contribution is -2.42. The van der Waals surface area contributed by atoms with Crippen LogP contribution in [-0.2, 0) is 4.79 Å². The van der Waals surface area contributed by atoms with Crippen LogP contribution >= 0.6 is 0 Å². The summed E-state index contributed by atoms with van der Waals surface area (Å²) in [4.78, 5) is 11.3. The smallest absolute Gasteiger partial charge is 0.238 e. The Morgan fingerprint density at radius 2 is 2.25 bits per heavy atom. The van der Waals surface area contributed by atoms with Crippen LogP contribution in [0.2, 0.25) is 0 Å². The third kappa shape index (κ3) is 1.32. The van der Waals surface area contributed by atoms with E-state index in [1.807, 2.05) is 0 Å². The fourth-order valence-corrected chi connectivity index (χ4v) is 1.70. The van der Waals surface area contributed by atoms with Crippen LogP contribution in [0.5, 0.6) is 0 Å². The molecule has 0 unspecified atom stereocenters. The number of aliphatic hydroxyl groups is 1. The number of hydrazine groups is 1. The zero-order valence-electron chi connectivity index (χ0n) is 7.07. The van der Waals surface area contributed by atoms with Gasteiger partial charge in [-0.3, -0.25) is 9.80 Å². The average molecular weight is 170 g/mol. The highest BCUT2D eigenvalue weighted by Gasteiger charge is 2.38. The highest BCUT2D eigenvalue weighted by molar-refractivity contribution is 5.77. The molecule has 0 aromatic rings. The second-order valence-corrected chi connectivity index (χ2v) is 3.38. The maximum absolute atomic E-state index is 11.3. The molecule has 2 fully saturated rings. The first-order valence-corrected chi connectivity index (χ1v) is 4.50. The molecule has 0 aromatic heterocycles. The quantitative estimate of drug-likeness (QED) is 0.626. The normalized spacial score (nSPS) is 25.4. The summed E-state index contributed by atoms with van der Waals surface area (Å²) in [5.41, 5.74) is 0. The van der Waals surface area contributed by atoms with Crippen molar-refractivity contribution in [2.45, 2.75) is 25.3 Å². The van der Waals surface area contributed by atoms with Gasteiger partial charge in [-0.1, -0.05) is 0 Å². The van der Waals surface area contributed by atoms with Crippen molar-refractivity contribution in [1.29, 1.82) is 0 Å². The molecule has 0 bridgehead atoms. The van der Waals surface area contributed by atoms with E-state index >= 15 is 0 Å². The summed E-state index contributed by atoms with van der Waals surface area (Å²) >= 11 is 0. The van der Waals surface area contributed by atoms with Crippen molar-refractivity contribution in [2.24, 2.45) is 0 Å². The SMILES string of the molecule is O=C1CCN(C2CC2)N1CCO. The zero-order chi connectivity index (χ0) is 8.55. The average Bonchev–Trinajstić information content (AvgIpc) is 2.82. The number of β-amino-alcohol motifs (C(OH)–C–C–N with tert-alkyl or cyclic N) is 1. The van der Waals surface area contributed by atoms with Gasteiger partial charge in [-0.15, -0.1) is 0 Å². The molecule has 0 atom stereocenters. The lowest BCUT2D eigenvalue weighted by atomic mass is 10.4. The van der Waals surface area contributed by atoms with Crippen molar-refractivity contribution < 1.29 is 9.90 Å². The second kappa shape index (κ2) is 3.03. The van der Waals surface area contributed by atoms with Crippen LogP contribution < -0.4 is 0 Å². The zero-order valence-corrected chi connectivity index (χ0v) is 7.07. The first-order chi connectivity index (χ1) is 5.83. The van der Waals surface area contributed by atoms with Crippen molar-refractivity contribution in [3.8, 4) is 0 Å². The van der Waals surface area contributed by atoms with Crippen LogP contribution in [0, 0.1) is 0 Å². The van der Waals surface area contributed by atoms with Crippen molar-refractivity contribution in [3.63, 3.8) is 0 Å². The fourth-order valence-electron chi connectivity index (χ4n) is 1.70. The van der Waals surface area contributed by atoms with E-state index < -0.39 is 0 Å². The monoisotopic (exact) mass is 170 g/mol. The highest BCUT2D eigenvalue weighted by atomic mass is 16.3. The molecule has 2 rings (SSSR count). The Bertz CT molecular complexity index is 191. The molecule has 2 aliphatic rings. The summed E-state index contributed by atoms with van der Waals surface area (Å²) in [5.74, 6) is 0.163. The number of amides is 1. The molecule has 1 N–H and O–H groups in total. The van der Waals surface area contributed by atoms with Crippen molar-refractivity contribution in [2.75, 3.05) is 19.7 Å². The maximum atomic E-state index is 11.3. The van der Waals surface area contributed by atoms with E-state index in [9.17, 15) is 4.79 Å². The van der Waals surface area contributed by atoms with Gasteiger partial charge in [0.2, 0.25) is 5.91 Å². The highest BCUT2D eigenvalue weighted by Crippen LogP contribution is 2.30. The lowest BCUT2D eigenvalue weighted by molar-refractivity contribution is -0.139. The van der Waals surface area contributed by atoms with Gasteiger partial charge in [0.25, 0.3) is 0 Å². The Kier molecular flexibility index (Phi) is 2.02. The van der Waals surface area contributed by atoms with Gasteiger partial charge in [0, 0.05) is 19.0 Å². The number of nitrogens with zero attached hydrogens (tertiary/aromatic N) is 2. The van der Waals surface area contributed by atoms with Gasteiger partial charge in [-0.05, 0) is 12.8 Å². The Hall–Kier alpha value is -0.610. The minimum Gasteiger partial charge on any atom is -0.394 e. The number of aliphatic hydroxyl groups excluding tert-OH is 1. The number of carbonyl (C=O) groups is 1. The van der Waals surface area contributed by atoms with Gasteiger partial charge < -0.3 is 5.11 Å². The predicted octanol–water partition coefficient (Wildman–Crippen LogP) is -0.410. The number of hydrogen-bond acceptors (Lipinski definition) is 3. The molecule has 12 heavy (non-hydrogen) atoms. The summed E-state index contributed by atoms with van der Waals surface area (Å²) in [7, 11) is 0. The number of hydrogen-bond donors (Lipinski definition) is 1. The van der Waals surface area contributed by atoms with Gasteiger partial charge in [0.15, 0.2) is 0 Å². The molecule has 1 heterocycles. The van der Waals surface area contributed by atoms with Crippen LogP contribution in [0.4, 0.5) is 0 Å². The van der Waals surface area contributed by atoms with E-state index in [2.05, 4.69) is 5.01 Å². The molecular weight excluding hydrogens is 156 g/mol. The first-order valence-electron chi connectivity index (χ1n) is 4.50. The van der Waals surface area contributed by atoms with Gasteiger partial charge in [0.1, 0.15) is 0 Å². The Labute approximate surface area is 71.7 Å². The van der Waals surface area contributed by atoms with Gasteiger partial charge in [-0.2, -0.15) is 0 Å². The largest absolute Gasteiger partial charge is 0.394 e. The summed E-state index contributed by atoms with van der Waals surface area (Å²) in [6, 6.07) is 0.586. The molecule has 68 valence electrons. The fraction of sp³-hybridized carbons (Fsp3) is 0.875. The minimum absolute atomic E-state index is 0.0644. The van der Waals surface area contributed by atoms with Gasteiger partial charge in [-0.25, -0.2) is 5.01 Å². The maximum Gasteiger partial charge on any atom is 0.238 e. The van der Waals surface area contributed by atoms with E-state index in [4.69, 9.17) is 5.11 Å². The van der Waals surface area contributed by atoms with Crippen LogP contribution in [0.1, 0.15) is 19.3 Å². The number of carbonyl (C=O) groups excluding carboxylic acids is 1. The molecule has 1 aliphatic carbocycles. The standard InChI is InChI=1S/C8H14N2O2/c11-6-5-10-8(12)3-4-9(10)7-1-2-7/h7,11H,1-6H2. The summed E-state index contributed by atoms with van der Waals surface area (Å²) in [6.45, 7) is 1.38. The van der Waals surface area contributed by atoms with E-state index in [1.54, 1.807) is 5.01 Å². The molecule has 1 aliphatic heterocycles. The van der Waals surface area contributed by atoms with Crippen LogP contribution in [0.3, 0.4) is 0 Å². The molecule has 1 saturated carbocycles. The van der Waals surface area contributed by atoms with E-state index in [1.165, 1.54) is 12.8 Å². The van der Waals surface area contributed by atoms with Crippen LogP contribution in [0.15, 0.2) is 0 Å². The summed E-state index contributed by atoms with van der Waals surface area (Å²) in [6.07, 6.45) is 3.03. The van der Waals surface area contributed by atoms with Crippen LogP contribution in [-0.4, -0.2) is 46.8 Å². The Morgan fingerprint density at radius 1 is 1.50 bits per heavy atom. The molecule has 1 amide bonds. The molecule has 4 nitrogen and oxygen atoms in total. The lowest BCUT2D eigenvalue weighted by Gasteiger charge is -2.26. The predicted molar refractivity (Wildman–Crippen MR) is 43.1 cm³/mol. The molecular formula is C8H14N2O2. The third-order valence-electron chi connectivity index (χ3n) is 2.43. The minimum atomic E-state index is 0.0644. The van der Waals surface area contributed by atoms with Crippen molar-refractivity contribution in [3.05, 3.63) is 0 Å². The summed E-state index contributed by atoms with van der Waals surface area (Å²) in [5, 5.41) is 12.6. The third-order valence-corrected chi connectivity index (χ3v) is 2.43.